The van der Waals surface area contributed by atoms with Crippen LogP contribution in [0.1, 0.15) is 72.1 Å². The molecule has 3 N–H and O–H groups in total. The number of nitrogens with zero attached hydrogens (tertiary/aromatic N) is 1. The monoisotopic (exact) mass is 385 g/mol. The first-order valence-electron chi connectivity index (χ1n) is 10.3. The summed E-state index contributed by atoms with van der Waals surface area (Å²) in [5.74, 6) is -1.08. The number of aliphatic hydroxyl groups is 3. The van der Waals surface area contributed by atoms with Gasteiger partial charge in [-0.05, 0) is 44.8 Å². The Morgan fingerprint density at radius 1 is 0.963 bits per heavy atom. The number of unbranched alkanes of at least 4 members (excludes halogenated alkanes) is 6. The quantitative estimate of drug-likeness (QED) is 0.215. The van der Waals surface area contributed by atoms with Crippen molar-refractivity contribution in [3.05, 3.63) is 23.7 Å². The van der Waals surface area contributed by atoms with E-state index in [1.165, 1.54) is 6.92 Å². The Morgan fingerprint density at radius 3 is 1.74 bits per heavy atom. The largest absolute Gasteiger partial charge is 0.544 e. The Morgan fingerprint density at radius 2 is 1.41 bits per heavy atom. The third-order valence-corrected chi connectivity index (χ3v) is 5.04. The van der Waals surface area contributed by atoms with Crippen molar-refractivity contribution in [3.63, 3.8) is 0 Å². The fourth-order valence-corrected chi connectivity index (χ4v) is 3.20. The molecule has 0 aliphatic carbocycles. The van der Waals surface area contributed by atoms with Crippen LogP contribution in [0.3, 0.4) is 0 Å². The summed E-state index contributed by atoms with van der Waals surface area (Å²) in [7, 11) is 0. The molecule has 0 aromatic carbocycles. The lowest BCUT2D eigenvalue weighted by atomic mass is 10.1. The van der Waals surface area contributed by atoms with E-state index in [0.29, 0.717) is 0 Å². The van der Waals surface area contributed by atoms with E-state index in [1.54, 1.807) is 12.2 Å². The number of rotatable bonds is 16. The molecule has 0 aliphatic rings. The first-order valence-corrected chi connectivity index (χ1v) is 10.3. The van der Waals surface area contributed by atoms with Crippen molar-refractivity contribution in [1.29, 1.82) is 0 Å². The molecular formula is C21H39NO5. The van der Waals surface area contributed by atoms with Crippen molar-refractivity contribution in [2.45, 2.75) is 78.2 Å². The van der Waals surface area contributed by atoms with Crippen LogP contribution < -0.4 is 5.11 Å². The first-order chi connectivity index (χ1) is 12.8. The molecule has 6 heteroatoms. The number of carboxylic acid groups (broad SMARTS) is 1. The number of carbonyl (C=O) groups excluding carboxylic acids is 1. The minimum absolute atomic E-state index is 0.0364. The van der Waals surface area contributed by atoms with Gasteiger partial charge in [-0.2, -0.15) is 0 Å². The summed E-state index contributed by atoms with van der Waals surface area (Å²) in [4.78, 5) is 11.6. The standard InChI is InChI=1S/C21H39NO5/c1-4-6-8-10-12-19(24)16-22(14-15-23,18(3)21(26)27)17-20(25)13-11-9-7-5-2/h12-13,18,23H,4-11,14-17H2,1-3H3,(H2-,24,25,26,27)/b19-12-,20-13-. The second-order valence-corrected chi connectivity index (χ2v) is 7.36. The second-order valence-electron chi connectivity index (χ2n) is 7.36. The number of aliphatic hydroxyl groups excluding tert-OH is 3. The van der Waals surface area contributed by atoms with E-state index in [0.717, 1.165) is 51.4 Å². The van der Waals surface area contributed by atoms with Gasteiger partial charge in [-0.25, -0.2) is 0 Å². The van der Waals surface area contributed by atoms with Gasteiger partial charge < -0.3 is 29.7 Å². The Balaban J connectivity index is 5.36. The lowest BCUT2D eigenvalue weighted by Gasteiger charge is -2.43. The van der Waals surface area contributed by atoms with Gasteiger partial charge in [0.15, 0.2) is 0 Å². The molecule has 27 heavy (non-hydrogen) atoms. The van der Waals surface area contributed by atoms with E-state index in [4.69, 9.17) is 0 Å². The predicted molar refractivity (Wildman–Crippen MR) is 106 cm³/mol. The third-order valence-electron chi connectivity index (χ3n) is 5.04. The predicted octanol–water partition coefficient (Wildman–Crippen LogP) is 2.98. The van der Waals surface area contributed by atoms with Gasteiger partial charge in [0.05, 0.1) is 12.6 Å². The number of carboxylic acids is 1. The van der Waals surface area contributed by atoms with E-state index >= 15 is 0 Å². The zero-order valence-corrected chi connectivity index (χ0v) is 17.3. The average Bonchev–Trinajstić information content (AvgIpc) is 2.61. The highest BCUT2D eigenvalue weighted by atomic mass is 16.4. The molecule has 0 aliphatic heterocycles. The zero-order valence-electron chi connectivity index (χ0n) is 17.3. The molecule has 0 aromatic rings. The molecule has 0 amide bonds. The van der Waals surface area contributed by atoms with Crippen LogP contribution in [-0.4, -0.2) is 58.1 Å². The molecule has 0 saturated heterocycles. The maximum atomic E-state index is 11.6. The summed E-state index contributed by atoms with van der Waals surface area (Å²) in [5, 5.41) is 41.8. The normalized spacial score (nSPS) is 16.1. The van der Waals surface area contributed by atoms with Crippen LogP contribution in [0.2, 0.25) is 0 Å². The van der Waals surface area contributed by atoms with Crippen molar-refractivity contribution >= 4 is 5.97 Å². The minimum Gasteiger partial charge on any atom is -0.544 e. The number of aliphatic carboxylic acids is 1. The average molecular weight is 386 g/mol. The van der Waals surface area contributed by atoms with Crippen LogP contribution >= 0.6 is 0 Å². The van der Waals surface area contributed by atoms with Crippen LogP contribution in [0.4, 0.5) is 0 Å². The summed E-state index contributed by atoms with van der Waals surface area (Å²) in [6.45, 7) is 5.63. The number of allylic oxidation sites excluding steroid dienone is 2. The smallest absolute Gasteiger partial charge is 0.143 e. The lowest BCUT2D eigenvalue weighted by Crippen LogP contribution is -2.63. The number of hydrogen-bond acceptors (Lipinski definition) is 5. The highest BCUT2D eigenvalue weighted by molar-refractivity contribution is 5.69. The summed E-state index contributed by atoms with van der Waals surface area (Å²) < 4.78 is -0.176. The Kier molecular flexibility index (Phi) is 13.7. The molecule has 0 aromatic heterocycles. The number of carbonyl (C=O) groups is 1. The summed E-state index contributed by atoms with van der Waals surface area (Å²) in [5.41, 5.74) is 0. The van der Waals surface area contributed by atoms with Crippen molar-refractivity contribution in [3.8, 4) is 0 Å². The molecule has 0 fully saturated rings. The van der Waals surface area contributed by atoms with Gasteiger partial charge in [0, 0.05) is 0 Å². The molecule has 0 saturated carbocycles. The van der Waals surface area contributed by atoms with Crippen molar-refractivity contribution in [1.82, 2.24) is 0 Å². The molecule has 0 radical (unpaired) electrons. The molecular weight excluding hydrogens is 346 g/mol. The summed E-state index contributed by atoms with van der Waals surface area (Å²) >= 11 is 0. The molecule has 1 unspecified atom stereocenters. The Labute approximate surface area is 164 Å². The van der Waals surface area contributed by atoms with E-state index in [-0.39, 0.29) is 42.2 Å². The molecule has 0 spiro atoms. The molecule has 0 rings (SSSR count). The molecule has 158 valence electrons. The van der Waals surface area contributed by atoms with Gasteiger partial charge in [0.25, 0.3) is 0 Å². The fraction of sp³-hybridized carbons (Fsp3) is 0.762. The second kappa shape index (κ2) is 14.5. The van der Waals surface area contributed by atoms with E-state index in [1.807, 2.05) is 0 Å². The highest BCUT2D eigenvalue weighted by Crippen LogP contribution is 2.20. The van der Waals surface area contributed by atoms with Gasteiger partial charge in [0.2, 0.25) is 0 Å². The van der Waals surface area contributed by atoms with Gasteiger partial charge in [-0.1, -0.05) is 39.5 Å². The highest BCUT2D eigenvalue weighted by Gasteiger charge is 2.36. The SMILES string of the molecule is CCCCC/C=C(\O)C[N+](CCO)(C/C(O)=C/CCCCC)C(C)C(=O)[O-]. The molecule has 0 heterocycles. The number of hydrogen-bond donors (Lipinski definition) is 3. The molecule has 6 nitrogen and oxygen atoms in total. The van der Waals surface area contributed by atoms with Crippen LogP contribution in [0.5, 0.6) is 0 Å². The maximum Gasteiger partial charge on any atom is 0.143 e. The molecule has 1 atom stereocenters. The first kappa shape index (κ1) is 25.5. The summed E-state index contributed by atoms with van der Waals surface area (Å²) in [6, 6.07) is -0.977. The van der Waals surface area contributed by atoms with E-state index < -0.39 is 12.0 Å². The van der Waals surface area contributed by atoms with Crippen LogP contribution in [0.15, 0.2) is 23.7 Å². The topological polar surface area (TPSA) is 101 Å². The Hall–Kier alpha value is -1.53. The van der Waals surface area contributed by atoms with Crippen LogP contribution in [0.25, 0.3) is 0 Å². The summed E-state index contributed by atoms with van der Waals surface area (Å²) in [6.07, 6.45) is 11.1. The van der Waals surface area contributed by atoms with Gasteiger partial charge >= 0.3 is 0 Å². The lowest BCUT2D eigenvalue weighted by molar-refractivity contribution is -0.937. The zero-order chi connectivity index (χ0) is 20.7. The maximum absolute atomic E-state index is 11.6. The van der Waals surface area contributed by atoms with Gasteiger partial charge in [0.1, 0.15) is 37.2 Å². The van der Waals surface area contributed by atoms with Crippen molar-refractivity contribution in [2.24, 2.45) is 0 Å². The van der Waals surface area contributed by atoms with Gasteiger partial charge in [-0.15, -0.1) is 0 Å². The van der Waals surface area contributed by atoms with E-state index in [9.17, 15) is 25.2 Å². The van der Waals surface area contributed by atoms with E-state index in [2.05, 4.69) is 13.8 Å². The minimum atomic E-state index is -1.26. The van der Waals surface area contributed by atoms with Crippen molar-refractivity contribution < 1.29 is 29.7 Å². The van der Waals surface area contributed by atoms with Gasteiger partial charge in [-0.3, -0.25) is 0 Å². The van der Waals surface area contributed by atoms with Crippen molar-refractivity contribution in [2.75, 3.05) is 26.2 Å². The third kappa shape index (κ3) is 10.4. The van der Waals surface area contributed by atoms with Crippen LogP contribution in [-0.2, 0) is 4.79 Å². The van der Waals surface area contributed by atoms with Crippen LogP contribution in [0, 0.1) is 0 Å². The fourth-order valence-electron chi connectivity index (χ4n) is 3.20. The Bertz CT molecular complexity index is 445. The number of quaternary nitrogens is 1. The molecule has 0 bridgehead atoms.